The fraction of sp³-hybridized carbons (Fsp3) is 0.188. The fourth-order valence-corrected chi connectivity index (χ4v) is 2.40. The Morgan fingerprint density at radius 3 is 2.53 bits per heavy atom. The zero-order valence-corrected chi connectivity index (χ0v) is 10.5. The summed E-state index contributed by atoms with van der Waals surface area (Å²) in [5.41, 5.74) is 3.64. The molecular formula is C16H15NO2. The molecule has 3 heteroatoms. The molecule has 1 fully saturated rings. The number of benzene rings is 2. The molecular weight excluding hydrogens is 238 g/mol. The van der Waals surface area contributed by atoms with Crippen molar-refractivity contribution >= 4 is 6.09 Å². The molecule has 96 valence electrons. The van der Waals surface area contributed by atoms with E-state index in [0.29, 0.717) is 6.61 Å². The average molecular weight is 253 g/mol. The molecule has 19 heavy (non-hydrogen) atoms. The molecule has 0 saturated carbocycles. The summed E-state index contributed by atoms with van der Waals surface area (Å²) in [5, 5.41) is 2.82. The van der Waals surface area contributed by atoms with Gasteiger partial charge in [-0.1, -0.05) is 54.6 Å². The summed E-state index contributed by atoms with van der Waals surface area (Å²) in [6.07, 6.45) is 0.471. The van der Waals surface area contributed by atoms with Crippen LogP contribution in [0.25, 0.3) is 11.1 Å². The van der Waals surface area contributed by atoms with Gasteiger partial charge in [0.05, 0.1) is 6.04 Å². The molecule has 1 amide bonds. The maximum absolute atomic E-state index is 11.1. The lowest BCUT2D eigenvalue weighted by Crippen LogP contribution is -2.28. The van der Waals surface area contributed by atoms with E-state index in [1.807, 2.05) is 30.3 Å². The molecule has 0 spiro atoms. The number of alkyl carbamates (subject to hydrolysis) is 1. The third-order valence-corrected chi connectivity index (χ3v) is 3.31. The van der Waals surface area contributed by atoms with Crippen molar-refractivity contribution in [3.63, 3.8) is 0 Å². The number of hydrogen-bond acceptors (Lipinski definition) is 2. The van der Waals surface area contributed by atoms with E-state index in [0.717, 1.165) is 6.42 Å². The van der Waals surface area contributed by atoms with Gasteiger partial charge >= 0.3 is 6.09 Å². The minimum Gasteiger partial charge on any atom is -0.447 e. The van der Waals surface area contributed by atoms with Gasteiger partial charge in [-0.05, 0) is 23.1 Å². The average Bonchev–Trinajstić information content (AvgIpc) is 2.86. The molecule has 1 N–H and O–H groups in total. The lowest BCUT2D eigenvalue weighted by Gasteiger charge is -2.12. The largest absolute Gasteiger partial charge is 0.447 e. The molecule has 1 heterocycles. The Morgan fingerprint density at radius 1 is 1.05 bits per heavy atom. The summed E-state index contributed by atoms with van der Waals surface area (Å²) in [6.45, 7) is 0.446. The molecule has 0 radical (unpaired) electrons. The molecule has 3 nitrogen and oxygen atoms in total. The van der Waals surface area contributed by atoms with Gasteiger partial charge in [-0.3, -0.25) is 0 Å². The van der Waals surface area contributed by atoms with Crippen LogP contribution in [-0.4, -0.2) is 18.7 Å². The van der Waals surface area contributed by atoms with E-state index in [4.69, 9.17) is 4.74 Å². The van der Waals surface area contributed by atoms with Crippen molar-refractivity contribution in [1.29, 1.82) is 0 Å². The van der Waals surface area contributed by atoms with Gasteiger partial charge in [0.2, 0.25) is 0 Å². The standard InChI is InChI=1S/C16H15NO2/c18-16-17-14(11-19-16)10-13-8-4-5-9-15(13)12-6-2-1-3-7-12/h1-9,14H,10-11H2,(H,17,18)/t14-/m1/s1. The van der Waals surface area contributed by atoms with Crippen LogP contribution in [0, 0.1) is 0 Å². The second kappa shape index (κ2) is 5.14. The van der Waals surface area contributed by atoms with Crippen LogP contribution in [0.4, 0.5) is 4.79 Å². The first-order valence-corrected chi connectivity index (χ1v) is 6.39. The van der Waals surface area contributed by atoms with Crippen LogP contribution in [0.15, 0.2) is 54.6 Å². The van der Waals surface area contributed by atoms with Crippen LogP contribution in [0.1, 0.15) is 5.56 Å². The minimum absolute atomic E-state index is 0.0670. The van der Waals surface area contributed by atoms with Gasteiger partial charge < -0.3 is 10.1 Å². The Bertz CT molecular complexity index is 580. The van der Waals surface area contributed by atoms with Crippen molar-refractivity contribution in [2.75, 3.05) is 6.61 Å². The van der Waals surface area contributed by atoms with Gasteiger partial charge in [0.15, 0.2) is 0 Å². The van der Waals surface area contributed by atoms with Crippen LogP contribution in [0.2, 0.25) is 0 Å². The van der Waals surface area contributed by atoms with E-state index >= 15 is 0 Å². The number of nitrogens with one attached hydrogen (secondary N) is 1. The van der Waals surface area contributed by atoms with E-state index in [2.05, 4.69) is 29.6 Å². The molecule has 1 aliphatic heterocycles. The third-order valence-electron chi connectivity index (χ3n) is 3.31. The van der Waals surface area contributed by atoms with Gasteiger partial charge in [0, 0.05) is 0 Å². The molecule has 1 saturated heterocycles. The van der Waals surface area contributed by atoms with Crippen LogP contribution in [0.5, 0.6) is 0 Å². The highest BCUT2D eigenvalue weighted by atomic mass is 16.6. The summed E-state index contributed by atoms with van der Waals surface area (Å²) >= 11 is 0. The maximum Gasteiger partial charge on any atom is 0.407 e. The Labute approximate surface area is 112 Å². The number of ether oxygens (including phenoxy) is 1. The molecule has 0 bridgehead atoms. The van der Waals surface area contributed by atoms with Crippen LogP contribution >= 0.6 is 0 Å². The summed E-state index contributed by atoms with van der Waals surface area (Å²) in [7, 11) is 0. The summed E-state index contributed by atoms with van der Waals surface area (Å²) < 4.78 is 4.93. The molecule has 2 aromatic carbocycles. The predicted molar refractivity (Wildman–Crippen MR) is 73.9 cm³/mol. The van der Waals surface area contributed by atoms with Crippen molar-refractivity contribution in [3.05, 3.63) is 60.2 Å². The number of hydrogen-bond donors (Lipinski definition) is 1. The second-order valence-corrected chi connectivity index (χ2v) is 4.67. The highest BCUT2D eigenvalue weighted by Gasteiger charge is 2.23. The monoisotopic (exact) mass is 253 g/mol. The normalized spacial score (nSPS) is 17.9. The van der Waals surface area contributed by atoms with Crippen LogP contribution < -0.4 is 5.32 Å². The number of cyclic esters (lactones) is 1. The Balaban J connectivity index is 1.88. The van der Waals surface area contributed by atoms with Gasteiger partial charge in [-0.25, -0.2) is 4.79 Å². The topological polar surface area (TPSA) is 38.3 Å². The zero-order valence-electron chi connectivity index (χ0n) is 10.5. The maximum atomic E-state index is 11.1. The van der Waals surface area contributed by atoms with Crippen molar-refractivity contribution in [1.82, 2.24) is 5.32 Å². The van der Waals surface area contributed by atoms with Crippen molar-refractivity contribution in [2.24, 2.45) is 0 Å². The lowest BCUT2D eigenvalue weighted by atomic mass is 9.95. The van der Waals surface area contributed by atoms with Gasteiger partial charge in [-0.2, -0.15) is 0 Å². The van der Waals surface area contributed by atoms with Crippen molar-refractivity contribution in [3.8, 4) is 11.1 Å². The number of carbonyl (C=O) groups excluding carboxylic acids is 1. The molecule has 0 unspecified atom stereocenters. The van der Waals surface area contributed by atoms with Gasteiger partial charge in [0.1, 0.15) is 6.61 Å². The Kier molecular flexibility index (Phi) is 3.19. The minimum atomic E-state index is -0.317. The second-order valence-electron chi connectivity index (χ2n) is 4.67. The Hall–Kier alpha value is -2.29. The van der Waals surface area contributed by atoms with E-state index in [-0.39, 0.29) is 12.1 Å². The lowest BCUT2D eigenvalue weighted by molar-refractivity contribution is 0.177. The number of carbonyl (C=O) groups is 1. The van der Waals surface area contributed by atoms with E-state index in [1.54, 1.807) is 0 Å². The van der Waals surface area contributed by atoms with E-state index in [9.17, 15) is 4.79 Å². The smallest absolute Gasteiger partial charge is 0.407 e. The van der Waals surface area contributed by atoms with Crippen LogP contribution in [0.3, 0.4) is 0 Å². The summed E-state index contributed by atoms with van der Waals surface area (Å²) in [5.74, 6) is 0. The molecule has 2 aromatic rings. The Morgan fingerprint density at radius 2 is 1.79 bits per heavy atom. The predicted octanol–water partition coefficient (Wildman–Crippen LogP) is 3.00. The summed E-state index contributed by atoms with van der Waals surface area (Å²) in [6, 6.07) is 18.6. The van der Waals surface area contributed by atoms with Crippen molar-refractivity contribution < 1.29 is 9.53 Å². The molecule has 1 aliphatic rings. The van der Waals surface area contributed by atoms with Crippen LogP contribution in [-0.2, 0) is 11.2 Å². The molecule has 0 aliphatic carbocycles. The zero-order chi connectivity index (χ0) is 13.1. The first kappa shape index (κ1) is 11.8. The quantitative estimate of drug-likeness (QED) is 0.913. The first-order chi connectivity index (χ1) is 9.33. The van der Waals surface area contributed by atoms with E-state index < -0.39 is 0 Å². The first-order valence-electron chi connectivity index (χ1n) is 6.39. The van der Waals surface area contributed by atoms with E-state index in [1.165, 1.54) is 16.7 Å². The molecule has 3 rings (SSSR count). The van der Waals surface area contributed by atoms with Crippen molar-refractivity contribution in [2.45, 2.75) is 12.5 Å². The van der Waals surface area contributed by atoms with Gasteiger partial charge in [-0.15, -0.1) is 0 Å². The fourth-order valence-electron chi connectivity index (χ4n) is 2.40. The highest BCUT2D eigenvalue weighted by molar-refractivity contribution is 5.70. The van der Waals surface area contributed by atoms with Gasteiger partial charge in [0.25, 0.3) is 0 Å². The molecule has 1 atom stereocenters. The third kappa shape index (κ3) is 2.60. The highest BCUT2D eigenvalue weighted by Crippen LogP contribution is 2.24. The number of rotatable bonds is 3. The SMILES string of the molecule is O=C1N[C@H](Cc2ccccc2-c2ccccc2)CO1. The number of amides is 1. The summed E-state index contributed by atoms with van der Waals surface area (Å²) in [4.78, 5) is 11.1. The molecule has 0 aromatic heterocycles.